The zero-order chi connectivity index (χ0) is 15.2. The van der Waals surface area contributed by atoms with Gasteiger partial charge in [0.15, 0.2) is 0 Å². The van der Waals surface area contributed by atoms with Crippen LogP contribution >= 0.6 is 0 Å². The number of hydrogen-bond acceptors (Lipinski definition) is 4. The van der Waals surface area contributed by atoms with Crippen molar-refractivity contribution in [1.29, 1.82) is 5.26 Å². The molecule has 0 radical (unpaired) electrons. The minimum absolute atomic E-state index is 0.0182. The Hall–Kier alpha value is -2.78. The lowest BCUT2D eigenvalue weighted by Crippen LogP contribution is -2.12. The molecule has 0 heterocycles. The normalized spacial score (nSPS) is 10.1. The van der Waals surface area contributed by atoms with Crippen LogP contribution in [0.2, 0.25) is 0 Å². The van der Waals surface area contributed by atoms with Gasteiger partial charge in [0.2, 0.25) is 0 Å². The average molecular weight is 285 g/mol. The highest BCUT2D eigenvalue weighted by Gasteiger charge is 2.04. The van der Waals surface area contributed by atoms with Gasteiger partial charge in [-0.1, -0.05) is 18.2 Å². The third-order valence-electron chi connectivity index (χ3n) is 2.96. The van der Waals surface area contributed by atoms with Crippen LogP contribution in [0.4, 0.5) is 10.1 Å². The van der Waals surface area contributed by atoms with E-state index in [1.807, 2.05) is 0 Å². The summed E-state index contributed by atoms with van der Waals surface area (Å²) in [5.74, 6) is -0.531. The Kier molecular flexibility index (Phi) is 4.59. The SMILES string of the molecule is N#Cc1cc(CNCc2ccc([N+](=O)[O-])cc2)ccc1F. The van der Waals surface area contributed by atoms with E-state index in [0.717, 1.165) is 11.1 Å². The van der Waals surface area contributed by atoms with Gasteiger partial charge in [0.05, 0.1) is 10.5 Å². The van der Waals surface area contributed by atoms with Crippen molar-refractivity contribution in [1.82, 2.24) is 5.32 Å². The van der Waals surface area contributed by atoms with E-state index < -0.39 is 10.7 Å². The first-order valence-electron chi connectivity index (χ1n) is 6.22. The Labute approximate surface area is 120 Å². The fraction of sp³-hybridized carbons (Fsp3) is 0.133. The van der Waals surface area contributed by atoms with Crippen LogP contribution in [0.5, 0.6) is 0 Å². The number of halogens is 1. The van der Waals surface area contributed by atoms with Crippen molar-refractivity contribution in [3.8, 4) is 6.07 Å². The fourth-order valence-electron chi connectivity index (χ4n) is 1.85. The number of non-ortho nitro benzene ring substituents is 1. The molecule has 0 unspecified atom stereocenters. The zero-order valence-corrected chi connectivity index (χ0v) is 11.0. The maximum absolute atomic E-state index is 13.2. The van der Waals surface area contributed by atoms with Crippen LogP contribution < -0.4 is 5.32 Å². The number of hydrogen-bond donors (Lipinski definition) is 1. The van der Waals surface area contributed by atoms with Gasteiger partial charge in [0, 0.05) is 25.2 Å². The van der Waals surface area contributed by atoms with E-state index in [2.05, 4.69) is 5.32 Å². The van der Waals surface area contributed by atoms with Gasteiger partial charge in [-0.05, 0) is 23.3 Å². The molecule has 6 heteroatoms. The Morgan fingerprint density at radius 1 is 1.14 bits per heavy atom. The van der Waals surface area contributed by atoms with Crippen LogP contribution in [0.15, 0.2) is 42.5 Å². The van der Waals surface area contributed by atoms with Gasteiger partial charge in [-0.2, -0.15) is 5.26 Å². The molecule has 1 N–H and O–H groups in total. The Morgan fingerprint density at radius 2 is 1.76 bits per heavy atom. The van der Waals surface area contributed by atoms with E-state index in [9.17, 15) is 14.5 Å². The number of nitro benzene ring substituents is 1. The molecule has 0 atom stereocenters. The van der Waals surface area contributed by atoms with Crippen molar-refractivity contribution >= 4 is 5.69 Å². The summed E-state index contributed by atoms with van der Waals surface area (Å²) >= 11 is 0. The molecule has 0 aliphatic heterocycles. The first-order chi connectivity index (χ1) is 10.1. The van der Waals surface area contributed by atoms with Gasteiger partial charge in [-0.3, -0.25) is 10.1 Å². The smallest absolute Gasteiger partial charge is 0.269 e. The molecule has 2 rings (SSSR count). The quantitative estimate of drug-likeness (QED) is 0.676. The fourth-order valence-corrected chi connectivity index (χ4v) is 1.85. The van der Waals surface area contributed by atoms with Crippen molar-refractivity contribution in [2.45, 2.75) is 13.1 Å². The van der Waals surface area contributed by atoms with Crippen LogP contribution in [0, 0.1) is 27.3 Å². The van der Waals surface area contributed by atoms with E-state index in [0.29, 0.717) is 13.1 Å². The van der Waals surface area contributed by atoms with Crippen LogP contribution in [-0.2, 0) is 13.1 Å². The molecule has 0 amide bonds. The molecule has 0 aliphatic carbocycles. The highest BCUT2D eigenvalue weighted by molar-refractivity contribution is 5.35. The predicted octanol–water partition coefficient (Wildman–Crippen LogP) is 2.90. The second kappa shape index (κ2) is 6.59. The Bertz CT molecular complexity index is 693. The lowest BCUT2D eigenvalue weighted by atomic mass is 10.1. The summed E-state index contributed by atoms with van der Waals surface area (Å²) in [7, 11) is 0. The first-order valence-corrected chi connectivity index (χ1v) is 6.22. The molecule has 0 spiro atoms. The first kappa shape index (κ1) is 14.6. The summed E-state index contributed by atoms with van der Waals surface area (Å²) in [6.07, 6.45) is 0. The Morgan fingerprint density at radius 3 is 2.38 bits per heavy atom. The standard InChI is InChI=1S/C15H12FN3O2/c16-15-6-3-12(7-13(15)8-17)10-18-9-11-1-4-14(5-2-11)19(20)21/h1-7,18H,9-10H2. The van der Waals surface area contributed by atoms with E-state index >= 15 is 0 Å². The largest absolute Gasteiger partial charge is 0.309 e. The topological polar surface area (TPSA) is 79.0 Å². The minimum Gasteiger partial charge on any atom is -0.309 e. The molecule has 106 valence electrons. The number of rotatable bonds is 5. The molecule has 0 aliphatic rings. The van der Waals surface area contributed by atoms with Crippen molar-refractivity contribution in [3.63, 3.8) is 0 Å². The molecular formula is C15H12FN3O2. The molecule has 0 bridgehead atoms. The zero-order valence-electron chi connectivity index (χ0n) is 11.0. The summed E-state index contributed by atoms with van der Waals surface area (Å²) in [4.78, 5) is 10.1. The van der Waals surface area contributed by atoms with Gasteiger partial charge < -0.3 is 5.32 Å². The molecule has 0 fully saturated rings. The van der Waals surface area contributed by atoms with Gasteiger partial charge in [-0.25, -0.2) is 4.39 Å². The summed E-state index contributed by atoms with van der Waals surface area (Å²) in [6, 6.07) is 12.4. The van der Waals surface area contributed by atoms with Crippen molar-refractivity contribution in [2.75, 3.05) is 0 Å². The molecule has 2 aromatic rings. The lowest BCUT2D eigenvalue weighted by Gasteiger charge is -2.06. The summed E-state index contributed by atoms with van der Waals surface area (Å²) in [5, 5.41) is 22.4. The summed E-state index contributed by atoms with van der Waals surface area (Å²) in [5.41, 5.74) is 1.78. The number of benzene rings is 2. The number of nitro groups is 1. The van der Waals surface area contributed by atoms with E-state index in [4.69, 9.17) is 5.26 Å². The third kappa shape index (κ3) is 3.84. The highest BCUT2D eigenvalue weighted by Crippen LogP contribution is 2.12. The maximum Gasteiger partial charge on any atom is 0.269 e. The second-order valence-corrected chi connectivity index (χ2v) is 4.45. The highest BCUT2D eigenvalue weighted by atomic mass is 19.1. The van der Waals surface area contributed by atoms with Crippen LogP contribution in [0.1, 0.15) is 16.7 Å². The van der Waals surface area contributed by atoms with Gasteiger partial charge in [0.25, 0.3) is 5.69 Å². The van der Waals surface area contributed by atoms with Crippen molar-refractivity contribution in [2.24, 2.45) is 0 Å². The summed E-state index contributed by atoms with van der Waals surface area (Å²) in [6.45, 7) is 1.00. The molecule has 0 saturated carbocycles. The van der Waals surface area contributed by atoms with Crippen LogP contribution in [0.25, 0.3) is 0 Å². The van der Waals surface area contributed by atoms with E-state index in [-0.39, 0.29) is 11.3 Å². The van der Waals surface area contributed by atoms with Crippen LogP contribution in [-0.4, -0.2) is 4.92 Å². The molecule has 0 saturated heterocycles. The molecule has 0 aromatic heterocycles. The molecule has 21 heavy (non-hydrogen) atoms. The molecular weight excluding hydrogens is 273 g/mol. The number of nitrogens with one attached hydrogen (secondary N) is 1. The van der Waals surface area contributed by atoms with Gasteiger partial charge in [-0.15, -0.1) is 0 Å². The number of nitrogens with zero attached hydrogens (tertiary/aromatic N) is 2. The second-order valence-electron chi connectivity index (χ2n) is 4.45. The maximum atomic E-state index is 13.2. The lowest BCUT2D eigenvalue weighted by molar-refractivity contribution is -0.384. The Balaban J connectivity index is 1.92. The minimum atomic E-state index is -0.531. The van der Waals surface area contributed by atoms with Crippen molar-refractivity contribution < 1.29 is 9.31 Å². The third-order valence-corrected chi connectivity index (χ3v) is 2.96. The molecule has 2 aromatic carbocycles. The van der Waals surface area contributed by atoms with Crippen LogP contribution in [0.3, 0.4) is 0 Å². The van der Waals surface area contributed by atoms with Crippen molar-refractivity contribution in [3.05, 3.63) is 75.1 Å². The molecule has 5 nitrogen and oxygen atoms in total. The van der Waals surface area contributed by atoms with Gasteiger partial charge in [0.1, 0.15) is 11.9 Å². The number of nitriles is 1. The predicted molar refractivity (Wildman–Crippen MR) is 74.8 cm³/mol. The van der Waals surface area contributed by atoms with E-state index in [1.165, 1.54) is 24.3 Å². The van der Waals surface area contributed by atoms with E-state index in [1.54, 1.807) is 24.3 Å². The summed E-state index contributed by atoms with van der Waals surface area (Å²) < 4.78 is 13.2. The average Bonchev–Trinajstić information content (AvgIpc) is 2.49. The van der Waals surface area contributed by atoms with Gasteiger partial charge >= 0.3 is 0 Å². The monoisotopic (exact) mass is 285 g/mol.